The predicted molar refractivity (Wildman–Crippen MR) is 147 cm³/mol. The molecule has 3 aromatic rings. The minimum Gasteiger partial charge on any atom is -0.495 e. The highest BCUT2D eigenvalue weighted by molar-refractivity contribution is 5.99. The number of primary amides is 1. The molecular formula is C26H31N9O5. The molecule has 1 aliphatic rings. The Morgan fingerprint density at radius 2 is 2.08 bits per heavy atom. The van der Waals surface area contributed by atoms with Crippen LogP contribution in [0.3, 0.4) is 0 Å². The van der Waals surface area contributed by atoms with Crippen LogP contribution in [0.2, 0.25) is 0 Å². The van der Waals surface area contributed by atoms with Crippen LogP contribution in [-0.4, -0.2) is 80.8 Å². The molecule has 1 aliphatic heterocycles. The van der Waals surface area contributed by atoms with Crippen molar-refractivity contribution in [1.82, 2.24) is 30.0 Å². The van der Waals surface area contributed by atoms with Crippen LogP contribution in [0.25, 0.3) is 0 Å². The molecular weight excluding hydrogens is 518 g/mol. The summed E-state index contributed by atoms with van der Waals surface area (Å²) in [6, 6.07) is 3.20. The minimum atomic E-state index is -0.738. The van der Waals surface area contributed by atoms with Gasteiger partial charge in [0.1, 0.15) is 17.1 Å². The lowest BCUT2D eigenvalue weighted by Gasteiger charge is -2.17. The van der Waals surface area contributed by atoms with E-state index < -0.39 is 5.91 Å². The number of likely N-dealkylation sites (tertiary alicyclic amines) is 1. The molecule has 14 nitrogen and oxygen atoms in total. The van der Waals surface area contributed by atoms with Crippen LogP contribution in [0, 0.1) is 6.92 Å². The number of anilines is 4. The van der Waals surface area contributed by atoms with Gasteiger partial charge in [-0.2, -0.15) is 10.1 Å². The Hall–Kier alpha value is -4.98. The van der Waals surface area contributed by atoms with Gasteiger partial charge in [-0.25, -0.2) is 4.98 Å². The second-order valence-electron chi connectivity index (χ2n) is 9.06. The third-order valence-electron chi connectivity index (χ3n) is 6.36. The summed E-state index contributed by atoms with van der Waals surface area (Å²) in [4.78, 5) is 46.8. The van der Waals surface area contributed by atoms with Crippen molar-refractivity contribution in [2.24, 2.45) is 5.73 Å². The van der Waals surface area contributed by atoms with E-state index in [-0.39, 0.29) is 48.3 Å². The number of benzene rings is 1. The fourth-order valence-corrected chi connectivity index (χ4v) is 4.33. The molecule has 1 fully saturated rings. The van der Waals surface area contributed by atoms with Crippen LogP contribution in [0.1, 0.15) is 38.7 Å². The van der Waals surface area contributed by atoms with Crippen molar-refractivity contribution in [3.05, 3.63) is 60.1 Å². The number of nitrogens with zero attached hydrogens (tertiary/aromatic N) is 5. The summed E-state index contributed by atoms with van der Waals surface area (Å²) in [6.07, 6.45) is 6.78. The van der Waals surface area contributed by atoms with Crippen LogP contribution >= 0.6 is 0 Å². The first-order valence-corrected chi connectivity index (χ1v) is 12.5. The van der Waals surface area contributed by atoms with E-state index in [1.165, 1.54) is 25.4 Å². The Morgan fingerprint density at radius 3 is 2.77 bits per heavy atom. The molecule has 210 valence electrons. The topological polar surface area (TPSA) is 190 Å². The molecule has 0 radical (unpaired) electrons. The summed E-state index contributed by atoms with van der Waals surface area (Å²) in [5, 5.41) is 22.1. The van der Waals surface area contributed by atoms with E-state index in [1.807, 2.05) is 0 Å². The van der Waals surface area contributed by atoms with Crippen LogP contribution < -0.4 is 26.4 Å². The lowest BCUT2D eigenvalue weighted by atomic mass is 10.1. The highest BCUT2D eigenvalue weighted by Crippen LogP contribution is 2.33. The Kier molecular flexibility index (Phi) is 8.59. The number of nitrogens with two attached hydrogens (primary N) is 1. The smallest absolute Gasteiger partial charge is 0.254 e. The molecule has 3 heterocycles. The summed E-state index contributed by atoms with van der Waals surface area (Å²) < 4.78 is 7.27. The lowest BCUT2D eigenvalue weighted by Crippen LogP contribution is -2.27. The third-order valence-corrected chi connectivity index (χ3v) is 6.36. The summed E-state index contributed by atoms with van der Waals surface area (Å²) in [5.74, 6) is -0.573. The number of aromatic nitrogens is 4. The van der Waals surface area contributed by atoms with Crippen molar-refractivity contribution in [2.75, 3.05) is 44.0 Å². The van der Waals surface area contributed by atoms with Gasteiger partial charge in [-0.15, -0.1) is 0 Å². The van der Waals surface area contributed by atoms with Gasteiger partial charge in [0.15, 0.2) is 0 Å². The first kappa shape index (κ1) is 28.0. The number of carbonyl (C=O) groups excluding carboxylic acids is 3. The molecule has 0 bridgehead atoms. The standard InChI is InChI=1S/C26H31N9O5/c1-4-21(37)34-7-5-18(14-34)35-13-17(11-30-35)31-26-29-12-19(23(27)38)24(33-26)32-22-15(2)9-16(10-20(22)40-3)25(39)28-6-8-36/h4,9-13,18,36H,1,5-8,14H2,2-3H3,(H2,27,38)(H,28,39)(H2,29,31,32,33)/t18-/m0/s1. The lowest BCUT2D eigenvalue weighted by molar-refractivity contribution is -0.125. The monoisotopic (exact) mass is 549 g/mol. The zero-order chi connectivity index (χ0) is 28.8. The van der Waals surface area contributed by atoms with E-state index in [2.05, 4.69) is 37.6 Å². The molecule has 4 rings (SSSR count). The molecule has 0 unspecified atom stereocenters. The summed E-state index contributed by atoms with van der Waals surface area (Å²) in [7, 11) is 1.45. The summed E-state index contributed by atoms with van der Waals surface area (Å²) in [5.41, 5.74) is 7.68. The number of aliphatic hydroxyl groups excluding tert-OH is 1. The largest absolute Gasteiger partial charge is 0.495 e. The van der Waals surface area contributed by atoms with Gasteiger partial charge < -0.3 is 36.4 Å². The van der Waals surface area contributed by atoms with Crippen molar-refractivity contribution in [2.45, 2.75) is 19.4 Å². The van der Waals surface area contributed by atoms with Crippen molar-refractivity contribution < 1.29 is 24.2 Å². The molecule has 3 amide bonds. The number of nitrogens with one attached hydrogen (secondary N) is 3. The average Bonchev–Trinajstić information content (AvgIpc) is 3.62. The number of methoxy groups -OCH3 is 1. The van der Waals surface area contributed by atoms with Gasteiger partial charge in [-0.3, -0.25) is 19.1 Å². The number of ether oxygens (including phenoxy) is 1. The van der Waals surface area contributed by atoms with Crippen LogP contribution in [0.15, 0.2) is 43.4 Å². The maximum atomic E-state index is 12.4. The van der Waals surface area contributed by atoms with Gasteiger partial charge in [0, 0.05) is 37.6 Å². The highest BCUT2D eigenvalue weighted by atomic mass is 16.5. The van der Waals surface area contributed by atoms with E-state index in [0.717, 1.165) is 6.42 Å². The molecule has 40 heavy (non-hydrogen) atoms. The molecule has 0 spiro atoms. The zero-order valence-electron chi connectivity index (χ0n) is 22.2. The number of amides is 3. The van der Waals surface area contributed by atoms with Gasteiger partial charge in [-0.05, 0) is 37.1 Å². The highest BCUT2D eigenvalue weighted by Gasteiger charge is 2.27. The number of hydrogen-bond donors (Lipinski definition) is 5. The number of aliphatic hydroxyl groups is 1. The minimum absolute atomic E-state index is 0.0268. The maximum absolute atomic E-state index is 12.4. The summed E-state index contributed by atoms with van der Waals surface area (Å²) >= 11 is 0. The SMILES string of the molecule is C=CC(=O)N1CC[C@H](n2cc(Nc3ncc(C(N)=O)c(Nc4c(C)cc(C(=O)NCCO)cc4OC)n3)cn2)C1. The van der Waals surface area contributed by atoms with Crippen LogP contribution in [0.5, 0.6) is 5.75 Å². The van der Waals surface area contributed by atoms with E-state index in [0.29, 0.717) is 41.3 Å². The maximum Gasteiger partial charge on any atom is 0.254 e. The molecule has 0 aliphatic carbocycles. The Bertz CT molecular complexity index is 1440. The second-order valence-corrected chi connectivity index (χ2v) is 9.06. The van der Waals surface area contributed by atoms with Gasteiger partial charge in [0.05, 0.1) is 37.3 Å². The van der Waals surface area contributed by atoms with Gasteiger partial charge in [-0.1, -0.05) is 6.58 Å². The van der Waals surface area contributed by atoms with E-state index in [1.54, 1.807) is 35.0 Å². The normalized spacial score (nSPS) is 14.5. The van der Waals surface area contributed by atoms with Gasteiger partial charge in [0.2, 0.25) is 11.9 Å². The van der Waals surface area contributed by atoms with E-state index in [4.69, 9.17) is 15.6 Å². The molecule has 2 aromatic heterocycles. The number of hydrogen-bond acceptors (Lipinski definition) is 10. The molecule has 1 atom stereocenters. The van der Waals surface area contributed by atoms with Crippen molar-refractivity contribution >= 4 is 40.9 Å². The molecule has 1 saturated heterocycles. The number of rotatable bonds is 11. The fourth-order valence-electron chi connectivity index (χ4n) is 4.33. The first-order chi connectivity index (χ1) is 19.2. The average molecular weight is 550 g/mol. The van der Waals surface area contributed by atoms with Crippen molar-refractivity contribution in [3.8, 4) is 5.75 Å². The molecule has 14 heteroatoms. The van der Waals surface area contributed by atoms with Crippen molar-refractivity contribution in [1.29, 1.82) is 0 Å². The quantitative estimate of drug-likeness (QED) is 0.218. The summed E-state index contributed by atoms with van der Waals surface area (Å²) in [6.45, 7) is 6.40. The molecule has 6 N–H and O–H groups in total. The van der Waals surface area contributed by atoms with Crippen LogP contribution in [0.4, 0.5) is 23.1 Å². The third kappa shape index (κ3) is 6.18. The number of carbonyl (C=O) groups is 3. The predicted octanol–water partition coefficient (Wildman–Crippen LogP) is 1.26. The van der Waals surface area contributed by atoms with Gasteiger partial charge in [0.25, 0.3) is 11.8 Å². The molecule has 1 aromatic carbocycles. The Balaban J connectivity index is 1.56. The first-order valence-electron chi connectivity index (χ1n) is 12.5. The zero-order valence-corrected chi connectivity index (χ0v) is 22.2. The Morgan fingerprint density at radius 1 is 1.27 bits per heavy atom. The van der Waals surface area contributed by atoms with E-state index >= 15 is 0 Å². The second kappa shape index (κ2) is 12.3. The van der Waals surface area contributed by atoms with Gasteiger partial charge >= 0.3 is 0 Å². The Labute approximate surface area is 230 Å². The van der Waals surface area contributed by atoms with Crippen LogP contribution in [-0.2, 0) is 4.79 Å². The van der Waals surface area contributed by atoms with Crippen molar-refractivity contribution in [3.63, 3.8) is 0 Å². The molecule has 0 saturated carbocycles. The fraction of sp³-hybridized carbons (Fsp3) is 0.308. The van der Waals surface area contributed by atoms with E-state index in [9.17, 15) is 14.4 Å². The number of aryl methyl sites for hydroxylation is 1.